The van der Waals surface area contributed by atoms with Gasteiger partial charge in [0.25, 0.3) is 5.92 Å². The van der Waals surface area contributed by atoms with Gasteiger partial charge < -0.3 is 14.4 Å². The summed E-state index contributed by atoms with van der Waals surface area (Å²) < 4.78 is 74.8. The molecule has 0 N–H and O–H groups in total. The molecule has 4 aromatic carbocycles. The summed E-state index contributed by atoms with van der Waals surface area (Å²) in [6, 6.07) is 21.5. The van der Waals surface area contributed by atoms with Gasteiger partial charge in [0.15, 0.2) is 6.04 Å². The van der Waals surface area contributed by atoms with Gasteiger partial charge in [0.05, 0.1) is 11.0 Å². The van der Waals surface area contributed by atoms with Crippen LogP contribution in [0.3, 0.4) is 0 Å². The maximum Gasteiger partial charge on any atom is 0.298 e. The van der Waals surface area contributed by atoms with Crippen LogP contribution in [0.1, 0.15) is 63.9 Å². The first-order chi connectivity index (χ1) is 23.5. The lowest BCUT2D eigenvalue weighted by Crippen LogP contribution is -2.60. The van der Waals surface area contributed by atoms with Crippen molar-refractivity contribution in [3.63, 3.8) is 0 Å². The third kappa shape index (κ3) is 6.65. The van der Waals surface area contributed by atoms with Gasteiger partial charge in [-0.1, -0.05) is 37.3 Å². The molecule has 1 aliphatic carbocycles. The molecule has 3 atom stereocenters. The number of likely N-dealkylation sites (N-methyl/N-ethyl adjacent to an activating group) is 1. The van der Waals surface area contributed by atoms with E-state index in [4.69, 9.17) is 9.47 Å². The van der Waals surface area contributed by atoms with Crippen molar-refractivity contribution in [1.29, 1.82) is 0 Å². The lowest BCUT2D eigenvalue weighted by atomic mass is 9.90. The van der Waals surface area contributed by atoms with E-state index in [-0.39, 0.29) is 23.1 Å². The number of ether oxygens (including phenoxy) is 2. The van der Waals surface area contributed by atoms with Gasteiger partial charge in [0, 0.05) is 24.7 Å². The maximum absolute atomic E-state index is 16.9. The van der Waals surface area contributed by atoms with Crippen molar-refractivity contribution in [3.05, 3.63) is 96.6 Å². The van der Waals surface area contributed by atoms with Gasteiger partial charge in [-0.15, -0.1) is 0 Å². The largest absolute Gasteiger partial charge is 0.490 e. The van der Waals surface area contributed by atoms with Crippen LogP contribution in [0.5, 0.6) is 17.2 Å². The standard InChI is InChI=1S/C39H42F2N2O5S/c1-26-22-30-16-17-31(23-26)43(30)38(44)37(39(40,41)29-14-19-34(20-15-29)47-32-8-4-3-5-9-32)42(2)49(45,46)36-21-13-27-24-35(18-12-28(27)25-36)48-33-10-6-7-11-33/h3-5,8-9,12-15,18-21,24-26,30-31,33,37H,6-7,10-11,16-17,22-23H2,1-2H3. The van der Waals surface area contributed by atoms with Crippen molar-refractivity contribution in [2.24, 2.45) is 5.92 Å². The van der Waals surface area contributed by atoms with E-state index < -0.39 is 33.5 Å². The highest BCUT2D eigenvalue weighted by atomic mass is 32.2. The van der Waals surface area contributed by atoms with Crippen molar-refractivity contribution < 1.29 is 31.5 Å². The number of carbonyl (C=O) groups is 1. The average molecular weight is 689 g/mol. The molecule has 2 aliphatic heterocycles. The molecular formula is C39H42F2N2O5S. The summed E-state index contributed by atoms with van der Waals surface area (Å²) in [4.78, 5) is 15.8. The van der Waals surface area contributed by atoms with Crippen molar-refractivity contribution >= 4 is 26.7 Å². The number of benzene rings is 4. The molecule has 1 amide bonds. The van der Waals surface area contributed by atoms with E-state index in [1.807, 2.05) is 12.1 Å². The van der Waals surface area contributed by atoms with Crippen LogP contribution in [0.2, 0.25) is 0 Å². The molecule has 7 rings (SSSR count). The second-order valence-corrected chi connectivity index (χ2v) is 15.9. The number of halogens is 2. The highest BCUT2D eigenvalue weighted by molar-refractivity contribution is 7.89. The summed E-state index contributed by atoms with van der Waals surface area (Å²) in [5.74, 6) is -2.77. The zero-order valence-corrected chi connectivity index (χ0v) is 28.6. The van der Waals surface area contributed by atoms with Crippen LogP contribution in [0.15, 0.2) is 95.9 Å². The van der Waals surface area contributed by atoms with Crippen molar-refractivity contribution in [2.45, 2.75) is 93.3 Å². The Bertz CT molecular complexity index is 1900. The van der Waals surface area contributed by atoms with Crippen LogP contribution in [0, 0.1) is 5.92 Å². The van der Waals surface area contributed by atoms with Crippen LogP contribution < -0.4 is 9.47 Å². The number of sulfonamides is 1. The van der Waals surface area contributed by atoms with E-state index in [1.54, 1.807) is 47.4 Å². The van der Waals surface area contributed by atoms with Gasteiger partial charge in [-0.2, -0.15) is 13.1 Å². The van der Waals surface area contributed by atoms with Gasteiger partial charge in [0.1, 0.15) is 17.2 Å². The number of para-hydroxylation sites is 1. The Morgan fingerprint density at radius 1 is 0.816 bits per heavy atom. The first kappa shape index (κ1) is 33.5. The number of fused-ring (bicyclic) bond motifs is 3. The number of carbonyl (C=O) groups excluding carboxylic acids is 1. The molecule has 7 nitrogen and oxygen atoms in total. The van der Waals surface area contributed by atoms with Crippen LogP contribution in [0.4, 0.5) is 8.78 Å². The Labute approximate surface area is 286 Å². The first-order valence-electron chi connectivity index (χ1n) is 17.2. The smallest absolute Gasteiger partial charge is 0.298 e. The molecule has 0 spiro atoms. The molecule has 0 radical (unpaired) electrons. The molecule has 0 aromatic heterocycles. The number of alkyl halides is 2. The minimum atomic E-state index is -4.56. The van der Waals surface area contributed by atoms with Crippen LogP contribution in [0.25, 0.3) is 10.8 Å². The quantitative estimate of drug-likeness (QED) is 0.167. The van der Waals surface area contributed by atoms with E-state index in [2.05, 4.69) is 6.92 Å². The topological polar surface area (TPSA) is 76.2 Å². The molecule has 2 heterocycles. The summed E-state index contributed by atoms with van der Waals surface area (Å²) in [5.41, 5.74) is -0.473. The summed E-state index contributed by atoms with van der Waals surface area (Å²) in [6.45, 7) is 2.11. The second kappa shape index (κ2) is 13.4. The Kier molecular flexibility index (Phi) is 9.13. The number of piperidine rings is 1. The fraction of sp³-hybridized carbons (Fsp3) is 0.410. The van der Waals surface area contributed by atoms with E-state index in [0.29, 0.717) is 45.7 Å². The Morgan fingerprint density at radius 2 is 1.41 bits per heavy atom. The summed E-state index contributed by atoms with van der Waals surface area (Å²) in [6.07, 6.45) is 7.33. The van der Waals surface area contributed by atoms with E-state index >= 15 is 8.78 Å². The maximum atomic E-state index is 16.9. The molecule has 3 fully saturated rings. The van der Waals surface area contributed by atoms with Crippen molar-refractivity contribution in [2.75, 3.05) is 7.05 Å². The normalized spacial score (nSPS) is 22.1. The molecule has 10 heteroatoms. The van der Waals surface area contributed by atoms with Crippen molar-refractivity contribution in [1.82, 2.24) is 9.21 Å². The van der Waals surface area contributed by atoms with E-state index in [9.17, 15) is 13.2 Å². The average Bonchev–Trinajstić information content (AvgIpc) is 3.70. The van der Waals surface area contributed by atoms with Crippen LogP contribution >= 0.6 is 0 Å². The number of rotatable bonds is 10. The minimum absolute atomic E-state index is 0.164. The molecule has 49 heavy (non-hydrogen) atoms. The molecular weight excluding hydrogens is 647 g/mol. The third-order valence-electron chi connectivity index (χ3n) is 10.4. The molecule has 3 aliphatic rings. The molecule has 2 saturated heterocycles. The fourth-order valence-corrected chi connectivity index (χ4v) is 9.30. The third-order valence-corrected chi connectivity index (χ3v) is 12.3. The lowest BCUT2D eigenvalue weighted by Gasteiger charge is -2.42. The molecule has 4 aromatic rings. The van der Waals surface area contributed by atoms with Gasteiger partial charge in [0.2, 0.25) is 15.9 Å². The highest BCUT2D eigenvalue weighted by Crippen LogP contribution is 2.44. The minimum Gasteiger partial charge on any atom is -0.490 e. The monoisotopic (exact) mass is 688 g/mol. The summed E-state index contributed by atoms with van der Waals surface area (Å²) in [5, 5.41) is 1.40. The van der Waals surface area contributed by atoms with E-state index in [0.717, 1.165) is 51.0 Å². The van der Waals surface area contributed by atoms with E-state index in [1.165, 1.54) is 36.4 Å². The molecule has 2 bridgehead atoms. The predicted molar refractivity (Wildman–Crippen MR) is 184 cm³/mol. The van der Waals surface area contributed by atoms with Gasteiger partial charge in [-0.05, 0) is 129 Å². The summed E-state index contributed by atoms with van der Waals surface area (Å²) in [7, 11) is -3.46. The van der Waals surface area contributed by atoms with Gasteiger partial charge >= 0.3 is 0 Å². The zero-order valence-electron chi connectivity index (χ0n) is 27.8. The Balaban J connectivity index is 1.21. The molecule has 3 unspecified atom stereocenters. The number of hydrogen-bond donors (Lipinski definition) is 0. The SMILES string of the molecule is CC1CC2CCC(C1)N2C(=O)C(N(C)S(=O)(=O)c1ccc2cc(OC3CCCC3)ccc2c1)C(F)(F)c1ccc(Oc2ccccc2)cc1. The zero-order chi connectivity index (χ0) is 34.3. The highest BCUT2D eigenvalue weighted by Gasteiger charge is 2.56. The number of nitrogens with zero attached hydrogens (tertiary/aromatic N) is 2. The second-order valence-electron chi connectivity index (χ2n) is 13.9. The fourth-order valence-electron chi connectivity index (χ4n) is 7.96. The summed E-state index contributed by atoms with van der Waals surface area (Å²) >= 11 is 0. The molecule has 258 valence electrons. The number of hydrogen-bond acceptors (Lipinski definition) is 5. The predicted octanol–water partition coefficient (Wildman–Crippen LogP) is 8.52. The Hall–Kier alpha value is -4.02. The van der Waals surface area contributed by atoms with Gasteiger partial charge in [-0.25, -0.2) is 8.42 Å². The Morgan fingerprint density at radius 3 is 2.08 bits per heavy atom. The van der Waals surface area contributed by atoms with Crippen LogP contribution in [-0.4, -0.2) is 54.8 Å². The van der Waals surface area contributed by atoms with Crippen LogP contribution in [-0.2, 0) is 20.7 Å². The molecule has 1 saturated carbocycles. The number of amides is 1. The lowest BCUT2D eigenvalue weighted by molar-refractivity contribution is -0.155. The van der Waals surface area contributed by atoms with Crippen molar-refractivity contribution in [3.8, 4) is 17.2 Å². The van der Waals surface area contributed by atoms with Gasteiger partial charge in [-0.3, -0.25) is 4.79 Å². The first-order valence-corrected chi connectivity index (χ1v) is 18.7.